The summed E-state index contributed by atoms with van der Waals surface area (Å²) in [6.07, 6.45) is -4.40. The summed E-state index contributed by atoms with van der Waals surface area (Å²) in [5, 5.41) is 12.1. The number of alkyl halides is 3. The van der Waals surface area contributed by atoms with Crippen molar-refractivity contribution in [2.24, 2.45) is 0 Å². The lowest BCUT2D eigenvalue weighted by Crippen LogP contribution is -2.36. The number of hydrogen-bond donors (Lipinski definition) is 2. The molecule has 0 bridgehead atoms. The van der Waals surface area contributed by atoms with Crippen LogP contribution in [0.25, 0.3) is 0 Å². The molecular formula is C13H16F3NO4. The maximum absolute atomic E-state index is 11.9. The van der Waals surface area contributed by atoms with Gasteiger partial charge in [0.15, 0.2) is 0 Å². The van der Waals surface area contributed by atoms with E-state index in [9.17, 15) is 23.1 Å². The van der Waals surface area contributed by atoms with E-state index >= 15 is 0 Å². The molecule has 1 amide bonds. The van der Waals surface area contributed by atoms with Gasteiger partial charge in [-0.3, -0.25) is 4.79 Å². The highest BCUT2D eigenvalue weighted by Gasteiger charge is 2.27. The predicted molar refractivity (Wildman–Crippen MR) is 68.5 cm³/mol. The Morgan fingerprint density at radius 1 is 1.43 bits per heavy atom. The molecule has 21 heavy (non-hydrogen) atoms. The number of phenolic OH excluding ortho intramolecular Hbond substituents is 1. The molecule has 0 unspecified atom stereocenters. The van der Waals surface area contributed by atoms with Gasteiger partial charge in [0.05, 0.1) is 19.3 Å². The molecule has 0 saturated carbocycles. The van der Waals surface area contributed by atoms with Gasteiger partial charge in [-0.25, -0.2) is 0 Å². The fraction of sp³-hybridized carbons (Fsp3) is 0.462. The third kappa shape index (κ3) is 5.90. The molecule has 1 atom stereocenters. The molecule has 0 aliphatic heterocycles. The third-order valence-corrected chi connectivity index (χ3v) is 2.46. The minimum Gasteiger partial charge on any atom is -0.507 e. The largest absolute Gasteiger partial charge is 0.507 e. The van der Waals surface area contributed by atoms with Crippen molar-refractivity contribution in [1.29, 1.82) is 0 Å². The minimum atomic E-state index is -4.40. The second-order valence-corrected chi connectivity index (χ2v) is 4.39. The summed E-state index contributed by atoms with van der Waals surface area (Å²) in [6, 6.07) is 3.47. The number of carbonyl (C=O) groups excluding carboxylic acids is 1. The van der Waals surface area contributed by atoms with Crippen LogP contribution in [0.2, 0.25) is 0 Å². The molecular weight excluding hydrogens is 291 g/mol. The Kier molecular flexibility index (Phi) is 5.83. The molecule has 0 aromatic heterocycles. The first-order chi connectivity index (χ1) is 9.73. The van der Waals surface area contributed by atoms with Gasteiger partial charge in [-0.15, -0.1) is 0 Å². The van der Waals surface area contributed by atoms with Crippen LogP contribution < -0.4 is 10.1 Å². The molecule has 118 valence electrons. The highest BCUT2D eigenvalue weighted by atomic mass is 19.4. The number of amides is 1. The van der Waals surface area contributed by atoms with Crippen LogP contribution in [0.1, 0.15) is 17.3 Å². The molecule has 5 nitrogen and oxygen atoms in total. The molecule has 2 N–H and O–H groups in total. The zero-order valence-electron chi connectivity index (χ0n) is 11.5. The summed E-state index contributed by atoms with van der Waals surface area (Å²) in [5.41, 5.74) is -0.00142. The molecule has 0 spiro atoms. The van der Waals surface area contributed by atoms with E-state index in [1.165, 1.54) is 32.2 Å². The van der Waals surface area contributed by atoms with Crippen molar-refractivity contribution in [3.8, 4) is 11.5 Å². The molecule has 0 radical (unpaired) electrons. The summed E-state index contributed by atoms with van der Waals surface area (Å²) in [7, 11) is 1.41. The number of benzene rings is 1. The van der Waals surface area contributed by atoms with E-state index in [1.54, 1.807) is 0 Å². The summed E-state index contributed by atoms with van der Waals surface area (Å²) in [5.74, 6) is -0.515. The number of halogens is 3. The van der Waals surface area contributed by atoms with Crippen LogP contribution in [0.4, 0.5) is 13.2 Å². The van der Waals surface area contributed by atoms with E-state index in [0.717, 1.165) is 0 Å². The lowest BCUT2D eigenvalue weighted by Gasteiger charge is -2.15. The van der Waals surface area contributed by atoms with Gasteiger partial charge in [-0.05, 0) is 19.1 Å². The number of aromatic hydroxyl groups is 1. The van der Waals surface area contributed by atoms with Crippen molar-refractivity contribution < 1.29 is 32.5 Å². The SMILES string of the molecule is COc1ccc(C(=O)N[C@@H](C)COCC(F)(F)F)c(O)c1. The first-order valence-electron chi connectivity index (χ1n) is 6.05. The van der Waals surface area contributed by atoms with Crippen LogP contribution in [0, 0.1) is 0 Å². The molecule has 0 saturated heterocycles. The fourth-order valence-electron chi connectivity index (χ4n) is 1.53. The Hall–Kier alpha value is -1.96. The summed E-state index contributed by atoms with van der Waals surface area (Å²) in [4.78, 5) is 11.8. The van der Waals surface area contributed by atoms with Crippen LogP contribution in [0.15, 0.2) is 18.2 Å². The van der Waals surface area contributed by atoms with Gasteiger partial charge < -0.3 is 19.9 Å². The lowest BCUT2D eigenvalue weighted by molar-refractivity contribution is -0.174. The Balaban J connectivity index is 2.53. The first-order valence-corrected chi connectivity index (χ1v) is 6.05. The summed E-state index contributed by atoms with van der Waals surface area (Å²) < 4.78 is 45.0. The average molecular weight is 307 g/mol. The van der Waals surface area contributed by atoms with Gasteiger partial charge >= 0.3 is 6.18 Å². The Bertz CT molecular complexity index is 491. The molecule has 0 heterocycles. The fourth-order valence-corrected chi connectivity index (χ4v) is 1.53. The van der Waals surface area contributed by atoms with E-state index in [2.05, 4.69) is 10.1 Å². The van der Waals surface area contributed by atoms with Gasteiger partial charge in [0.2, 0.25) is 0 Å². The van der Waals surface area contributed by atoms with Gasteiger partial charge in [-0.1, -0.05) is 0 Å². The van der Waals surface area contributed by atoms with Crippen molar-refractivity contribution in [2.45, 2.75) is 19.1 Å². The molecule has 1 aromatic rings. The van der Waals surface area contributed by atoms with Crippen molar-refractivity contribution in [2.75, 3.05) is 20.3 Å². The molecule has 1 aromatic carbocycles. The van der Waals surface area contributed by atoms with Gasteiger partial charge in [0.1, 0.15) is 18.1 Å². The van der Waals surface area contributed by atoms with E-state index in [1.807, 2.05) is 0 Å². The summed E-state index contributed by atoms with van der Waals surface area (Å²) >= 11 is 0. The number of nitrogens with one attached hydrogen (secondary N) is 1. The quantitative estimate of drug-likeness (QED) is 0.844. The smallest absolute Gasteiger partial charge is 0.411 e. The number of carbonyl (C=O) groups is 1. The molecule has 1 rings (SSSR count). The van der Waals surface area contributed by atoms with Crippen molar-refractivity contribution in [3.63, 3.8) is 0 Å². The zero-order chi connectivity index (χ0) is 16.0. The van der Waals surface area contributed by atoms with Crippen LogP contribution >= 0.6 is 0 Å². The van der Waals surface area contributed by atoms with E-state index in [4.69, 9.17) is 4.74 Å². The predicted octanol–water partition coefficient (Wildman–Crippen LogP) is 2.10. The number of ether oxygens (including phenoxy) is 2. The number of hydrogen-bond acceptors (Lipinski definition) is 4. The van der Waals surface area contributed by atoms with E-state index in [0.29, 0.717) is 5.75 Å². The third-order valence-electron chi connectivity index (χ3n) is 2.46. The second kappa shape index (κ2) is 7.16. The monoisotopic (exact) mass is 307 g/mol. The van der Waals surface area contributed by atoms with Crippen LogP contribution in [0.3, 0.4) is 0 Å². The van der Waals surface area contributed by atoms with Crippen molar-refractivity contribution >= 4 is 5.91 Å². The normalized spacial score (nSPS) is 12.8. The van der Waals surface area contributed by atoms with Crippen molar-refractivity contribution in [3.05, 3.63) is 23.8 Å². The molecule has 0 aliphatic rings. The Labute approximate surface area is 119 Å². The first kappa shape index (κ1) is 17.1. The number of phenols is 1. The van der Waals surface area contributed by atoms with Gasteiger partial charge in [0.25, 0.3) is 5.91 Å². The van der Waals surface area contributed by atoms with Gasteiger partial charge in [0, 0.05) is 12.1 Å². The lowest BCUT2D eigenvalue weighted by atomic mass is 10.1. The molecule has 0 aliphatic carbocycles. The van der Waals surface area contributed by atoms with Crippen LogP contribution in [-0.2, 0) is 4.74 Å². The second-order valence-electron chi connectivity index (χ2n) is 4.39. The van der Waals surface area contributed by atoms with Crippen LogP contribution in [-0.4, -0.2) is 43.6 Å². The minimum absolute atomic E-state index is 0.00142. The molecule has 0 fully saturated rings. The highest BCUT2D eigenvalue weighted by molar-refractivity contribution is 5.97. The van der Waals surface area contributed by atoms with E-state index < -0.39 is 24.7 Å². The number of rotatable bonds is 6. The molecule has 8 heteroatoms. The summed E-state index contributed by atoms with van der Waals surface area (Å²) in [6.45, 7) is -0.169. The highest BCUT2D eigenvalue weighted by Crippen LogP contribution is 2.23. The number of methoxy groups -OCH3 is 1. The Morgan fingerprint density at radius 2 is 2.10 bits per heavy atom. The average Bonchev–Trinajstić information content (AvgIpc) is 2.36. The van der Waals surface area contributed by atoms with E-state index in [-0.39, 0.29) is 17.9 Å². The Morgan fingerprint density at radius 3 is 2.62 bits per heavy atom. The maximum atomic E-state index is 11.9. The standard InChI is InChI=1S/C13H16F3NO4/c1-8(6-21-7-13(14,15)16)17-12(19)10-4-3-9(20-2)5-11(10)18/h3-5,8,18H,6-7H2,1-2H3,(H,17,19)/t8-/m0/s1. The zero-order valence-corrected chi connectivity index (χ0v) is 11.5. The van der Waals surface area contributed by atoms with Crippen LogP contribution in [0.5, 0.6) is 11.5 Å². The topological polar surface area (TPSA) is 67.8 Å². The maximum Gasteiger partial charge on any atom is 0.411 e. The van der Waals surface area contributed by atoms with Crippen molar-refractivity contribution in [1.82, 2.24) is 5.32 Å². The van der Waals surface area contributed by atoms with Gasteiger partial charge in [-0.2, -0.15) is 13.2 Å².